The summed E-state index contributed by atoms with van der Waals surface area (Å²) in [5, 5.41) is 3.66. The average Bonchev–Trinajstić information content (AvgIpc) is 3.17. The molecule has 0 N–H and O–H groups in total. The van der Waals surface area contributed by atoms with Crippen molar-refractivity contribution < 1.29 is 17.9 Å². The van der Waals surface area contributed by atoms with Crippen molar-refractivity contribution in [1.82, 2.24) is 24.5 Å². The first-order valence-electron chi connectivity index (χ1n) is 9.66. The van der Waals surface area contributed by atoms with E-state index in [1.165, 1.54) is 0 Å². The Hall–Kier alpha value is -2.68. The molecule has 4 rings (SSSR count). The van der Waals surface area contributed by atoms with E-state index in [2.05, 4.69) is 20.0 Å². The van der Waals surface area contributed by atoms with Gasteiger partial charge in [0.25, 0.3) is 5.78 Å². The molecule has 3 aromatic rings. The standard InChI is InChI=1S/C20H22F3N5O/c1-2-29-16-7-5-14(6-8-16)11-27-9-3-4-15(12-27)17-10-18(20(21,22)23)28-19(26-17)24-13-25-28/h5-8,10,13,15H,2-4,9,11-12H2,1H3. The predicted octanol–water partition coefficient (Wildman–Crippen LogP) is 3.92. The van der Waals surface area contributed by atoms with Crippen LogP contribution in [0.5, 0.6) is 5.75 Å². The molecule has 0 aliphatic carbocycles. The molecule has 1 atom stereocenters. The first-order valence-corrected chi connectivity index (χ1v) is 9.66. The van der Waals surface area contributed by atoms with Crippen molar-refractivity contribution in [1.29, 1.82) is 0 Å². The van der Waals surface area contributed by atoms with Crippen molar-refractivity contribution in [3.63, 3.8) is 0 Å². The molecular formula is C20H22F3N5O. The fourth-order valence-corrected chi connectivity index (χ4v) is 3.80. The number of piperidine rings is 1. The summed E-state index contributed by atoms with van der Waals surface area (Å²) in [4.78, 5) is 10.5. The zero-order valence-electron chi connectivity index (χ0n) is 16.1. The number of alkyl halides is 3. The molecule has 0 spiro atoms. The average molecular weight is 405 g/mol. The lowest BCUT2D eigenvalue weighted by atomic mass is 9.93. The van der Waals surface area contributed by atoms with Gasteiger partial charge in [-0.25, -0.2) is 4.98 Å². The Morgan fingerprint density at radius 1 is 1.21 bits per heavy atom. The lowest BCUT2D eigenvalue weighted by molar-refractivity contribution is -0.142. The highest BCUT2D eigenvalue weighted by molar-refractivity contribution is 5.33. The number of ether oxygens (including phenoxy) is 1. The summed E-state index contributed by atoms with van der Waals surface area (Å²) in [5.41, 5.74) is 0.735. The summed E-state index contributed by atoms with van der Waals surface area (Å²) in [6.07, 6.45) is -1.71. The second-order valence-electron chi connectivity index (χ2n) is 7.19. The maximum atomic E-state index is 13.5. The minimum absolute atomic E-state index is 0.0153. The van der Waals surface area contributed by atoms with Crippen molar-refractivity contribution in [3.05, 3.63) is 53.6 Å². The summed E-state index contributed by atoms with van der Waals surface area (Å²) >= 11 is 0. The topological polar surface area (TPSA) is 55.6 Å². The monoisotopic (exact) mass is 405 g/mol. The van der Waals surface area contributed by atoms with E-state index in [-0.39, 0.29) is 11.7 Å². The van der Waals surface area contributed by atoms with Crippen LogP contribution in [-0.2, 0) is 12.7 Å². The molecule has 0 amide bonds. The number of hydrogen-bond acceptors (Lipinski definition) is 5. The van der Waals surface area contributed by atoms with Crippen molar-refractivity contribution in [2.45, 2.75) is 38.4 Å². The van der Waals surface area contributed by atoms with Gasteiger partial charge in [-0.15, -0.1) is 0 Å². The summed E-state index contributed by atoms with van der Waals surface area (Å²) < 4.78 is 46.6. The van der Waals surface area contributed by atoms with Crippen molar-refractivity contribution in [2.75, 3.05) is 19.7 Å². The fraction of sp³-hybridized carbons (Fsp3) is 0.450. The van der Waals surface area contributed by atoms with E-state index in [1.807, 2.05) is 31.2 Å². The number of likely N-dealkylation sites (tertiary alicyclic amines) is 1. The van der Waals surface area contributed by atoms with Gasteiger partial charge < -0.3 is 4.74 Å². The summed E-state index contributed by atoms with van der Waals surface area (Å²) in [5.74, 6) is 0.742. The summed E-state index contributed by atoms with van der Waals surface area (Å²) in [6, 6.07) is 9.05. The highest BCUT2D eigenvalue weighted by Crippen LogP contribution is 2.33. The van der Waals surface area contributed by atoms with Gasteiger partial charge in [0.1, 0.15) is 12.1 Å². The van der Waals surface area contributed by atoms with Crippen LogP contribution >= 0.6 is 0 Å². The predicted molar refractivity (Wildman–Crippen MR) is 101 cm³/mol. The Balaban J connectivity index is 1.52. The molecule has 2 aromatic heterocycles. The van der Waals surface area contributed by atoms with Gasteiger partial charge in [-0.3, -0.25) is 4.90 Å². The van der Waals surface area contributed by atoms with E-state index >= 15 is 0 Å². The summed E-state index contributed by atoms with van der Waals surface area (Å²) in [7, 11) is 0. The first-order chi connectivity index (χ1) is 13.9. The van der Waals surface area contributed by atoms with Gasteiger partial charge in [0.2, 0.25) is 0 Å². The van der Waals surface area contributed by atoms with Gasteiger partial charge in [-0.2, -0.15) is 27.8 Å². The van der Waals surface area contributed by atoms with Gasteiger partial charge in [-0.05, 0) is 50.1 Å². The minimum atomic E-state index is -4.51. The zero-order valence-corrected chi connectivity index (χ0v) is 16.1. The third-order valence-corrected chi connectivity index (χ3v) is 5.13. The highest BCUT2D eigenvalue weighted by Gasteiger charge is 2.36. The van der Waals surface area contributed by atoms with Crippen LogP contribution in [0.2, 0.25) is 0 Å². The van der Waals surface area contributed by atoms with E-state index in [4.69, 9.17) is 4.74 Å². The fourth-order valence-electron chi connectivity index (χ4n) is 3.80. The second kappa shape index (κ2) is 7.98. The normalized spacial score (nSPS) is 18.3. The Kier molecular flexibility index (Phi) is 5.40. The third kappa shape index (κ3) is 4.34. The molecule has 6 nitrogen and oxygen atoms in total. The molecule has 1 aliphatic rings. The quantitative estimate of drug-likeness (QED) is 0.644. The maximum absolute atomic E-state index is 13.5. The molecule has 3 heterocycles. The number of fused-ring (bicyclic) bond motifs is 1. The van der Waals surface area contributed by atoms with Crippen LogP contribution in [0.1, 0.15) is 42.6 Å². The molecule has 9 heteroatoms. The van der Waals surface area contributed by atoms with E-state index in [1.54, 1.807) is 0 Å². The molecule has 0 bridgehead atoms. The molecule has 0 saturated carbocycles. The molecule has 1 unspecified atom stereocenters. The Labute approximate surface area is 166 Å². The van der Waals surface area contributed by atoms with Gasteiger partial charge in [0.15, 0.2) is 5.69 Å². The lowest BCUT2D eigenvalue weighted by Gasteiger charge is -2.32. The summed E-state index contributed by atoms with van der Waals surface area (Å²) in [6.45, 7) is 4.86. The van der Waals surface area contributed by atoms with Crippen molar-refractivity contribution in [2.24, 2.45) is 0 Å². The third-order valence-electron chi connectivity index (χ3n) is 5.13. The van der Waals surface area contributed by atoms with E-state index < -0.39 is 11.9 Å². The van der Waals surface area contributed by atoms with Crippen LogP contribution in [0.3, 0.4) is 0 Å². The smallest absolute Gasteiger partial charge is 0.433 e. The van der Waals surface area contributed by atoms with Crippen LogP contribution in [0, 0.1) is 0 Å². The zero-order chi connectivity index (χ0) is 20.4. The van der Waals surface area contributed by atoms with E-state index in [0.717, 1.165) is 54.2 Å². The second-order valence-corrected chi connectivity index (χ2v) is 7.19. The van der Waals surface area contributed by atoms with Crippen LogP contribution < -0.4 is 4.74 Å². The molecule has 154 valence electrons. The minimum Gasteiger partial charge on any atom is -0.494 e. The molecule has 1 aromatic carbocycles. The maximum Gasteiger partial charge on any atom is 0.433 e. The van der Waals surface area contributed by atoms with Gasteiger partial charge in [0.05, 0.1) is 12.3 Å². The number of aromatic nitrogens is 4. The van der Waals surface area contributed by atoms with Gasteiger partial charge in [0, 0.05) is 19.0 Å². The van der Waals surface area contributed by atoms with Gasteiger partial charge >= 0.3 is 6.18 Å². The van der Waals surface area contributed by atoms with Crippen LogP contribution in [0.4, 0.5) is 13.2 Å². The van der Waals surface area contributed by atoms with Crippen molar-refractivity contribution in [3.8, 4) is 5.75 Å². The number of rotatable bonds is 5. The SMILES string of the molecule is CCOc1ccc(CN2CCCC(c3cc(C(F)(F)F)n4ncnc4n3)C2)cc1. The number of benzene rings is 1. The molecule has 1 saturated heterocycles. The van der Waals surface area contributed by atoms with Crippen molar-refractivity contribution >= 4 is 5.78 Å². The van der Waals surface area contributed by atoms with E-state index in [9.17, 15) is 13.2 Å². The van der Waals surface area contributed by atoms with Crippen LogP contribution in [0.15, 0.2) is 36.7 Å². The number of hydrogen-bond donors (Lipinski definition) is 0. The Morgan fingerprint density at radius 3 is 2.72 bits per heavy atom. The molecular weight excluding hydrogens is 383 g/mol. The van der Waals surface area contributed by atoms with Gasteiger partial charge in [-0.1, -0.05) is 12.1 Å². The largest absolute Gasteiger partial charge is 0.494 e. The molecule has 0 radical (unpaired) electrons. The number of nitrogens with zero attached hydrogens (tertiary/aromatic N) is 5. The molecule has 1 fully saturated rings. The van der Waals surface area contributed by atoms with E-state index in [0.29, 0.717) is 18.8 Å². The first kappa shape index (κ1) is 19.6. The van der Waals surface area contributed by atoms with Crippen LogP contribution in [-0.4, -0.2) is 44.2 Å². The molecule has 29 heavy (non-hydrogen) atoms. The lowest BCUT2D eigenvalue weighted by Crippen LogP contribution is -2.34. The number of halogens is 3. The Morgan fingerprint density at radius 2 is 2.00 bits per heavy atom. The van der Waals surface area contributed by atoms with Crippen LogP contribution in [0.25, 0.3) is 5.78 Å². The Bertz CT molecular complexity index is 970. The highest BCUT2D eigenvalue weighted by atomic mass is 19.4. The molecule has 1 aliphatic heterocycles.